The number of carbonyl (C=O) groups excluding carboxylic acids is 1. The Morgan fingerprint density at radius 3 is 2.39 bits per heavy atom. The second kappa shape index (κ2) is 5.26. The summed E-state index contributed by atoms with van der Waals surface area (Å²) in [6.07, 6.45) is 2.48. The minimum atomic E-state index is -0.850. The van der Waals surface area contributed by atoms with Crippen LogP contribution < -0.4 is 5.73 Å². The van der Waals surface area contributed by atoms with Gasteiger partial charge in [-0.15, -0.1) is 0 Å². The molecular formula is C13H24N2O3. The van der Waals surface area contributed by atoms with E-state index in [9.17, 15) is 14.7 Å². The van der Waals surface area contributed by atoms with Gasteiger partial charge in [0.15, 0.2) is 0 Å². The van der Waals surface area contributed by atoms with Gasteiger partial charge in [-0.1, -0.05) is 13.8 Å². The zero-order valence-electron chi connectivity index (χ0n) is 11.5. The highest BCUT2D eigenvalue weighted by Gasteiger charge is 2.43. The predicted octanol–water partition coefficient (Wildman–Crippen LogP) is 1.22. The summed E-state index contributed by atoms with van der Waals surface area (Å²) in [6.45, 7) is 6.36. The van der Waals surface area contributed by atoms with Gasteiger partial charge < -0.3 is 15.7 Å². The lowest BCUT2D eigenvalue weighted by atomic mass is 9.81. The number of carboxylic acid groups (broad SMARTS) is 1. The summed E-state index contributed by atoms with van der Waals surface area (Å²) in [4.78, 5) is 25.3. The molecular weight excluding hydrogens is 232 g/mol. The van der Waals surface area contributed by atoms with Crippen molar-refractivity contribution >= 4 is 11.9 Å². The summed E-state index contributed by atoms with van der Waals surface area (Å²) in [6, 6.07) is 0. The maximum Gasteiger partial charge on any atom is 0.311 e. The van der Waals surface area contributed by atoms with Crippen LogP contribution in [0.15, 0.2) is 0 Å². The molecule has 0 aliphatic carbocycles. The van der Waals surface area contributed by atoms with E-state index >= 15 is 0 Å². The Kier molecular flexibility index (Phi) is 4.37. The molecule has 1 heterocycles. The van der Waals surface area contributed by atoms with E-state index < -0.39 is 16.9 Å². The monoisotopic (exact) mass is 256 g/mol. The van der Waals surface area contributed by atoms with Crippen molar-refractivity contribution in [3.8, 4) is 0 Å². The van der Waals surface area contributed by atoms with Gasteiger partial charge in [-0.2, -0.15) is 0 Å². The van der Waals surface area contributed by atoms with Gasteiger partial charge in [-0.3, -0.25) is 9.59 Å². The van der Waals surface area contributed by atoms with Crippen LogP contribution in [0, 0.1) is 5.41 Å². The molecule has 104 valence electrons. The van der Waals surface area contributed by atoms with E-state index in [1.54, 1.807) is 11.8 Å². The number of likely N-dealkylation sites (tertiary alicyclic amines) is 1. The fraction of sp³-hybridized carbons (Fsp3) is 0.846. The minimum Gasteiger partial charge on any atom is -0.481 e. The number of carbonyl (C=O) groups is 2. The molecule has 18 heavy (non-hydrogen) atoms. The molecule has 0 radical (unpaired) electrons. The van der Waals surface area contributed by atoms with Crippen molar-refractivity contribution in [1.29, 1.82) is 0 Å². The number of rotatable bonds is 4. The average Bonchev–Trinajstić information content (AvgIpc) is 2.36. The van der Waals surface area contributed by atoms with E-state index in [1.165, 1.54) is 0 Å². The number of piperidine rings is 1. The van der Waals surface area contributed by atoms with Gasteiger partial charge in [-0.05, 0) is 32.6 Å². The van der Waals surface area contributed by atoms with E-state index in [0.29, 0.717) is 25.8 Å². The molecule has 0 saturated carbocycles. The van der Waals surface area contributed by atoms with Crippen molar-refractivity contribution in [3.05, 3.63) is 0 Å². The van der Waals surface area contributed by atoms with Gasteiger partial charge in [-0.25, -0.2) is 0 Å². The zero-order valence-corrected chi connectivity index (χ0v) is 11.5. The first kappa shape index (κ1) is 15.0. The highest BCUT2D eigenvalue weighted by atomic mass is 16.4. The fourth-order valence-corrected chi connectivity index (χ4v) is 2.45. The quantitative estimate of drug-likeness (QED) is 0.792. The van der Waals surface area contributed by atoms with Crippen LogP contribution in [-0.2, 0) is 9.59 Å². The molecule has 0 spiro atoms. The van der Waals surface area contributed by atoms with Crippen LogP contribution in [0.4, 0.5) is 0 Å². The number of hydrogen-bond donors (Lipinski definition) is 2. The largest absolute Gasteiger partial charge is 0.481 e. The lowest BCUT2D eigenvalue weighted by molar-refractivity contribution is -0.155. The van der Waals surface area contributed by atoms with Gasteiger partial charge in [0, 0.05) is 13.1 Å². The molecule has 3 N–H and O–H groups in total. The molecule has 0 aromatic carbocycles. The van der Waals surface area contributed by atoms with E-state index in [2.05, 4.69) is 0 Å². The third-order valence-electron chi connectivity index (χ3n) is 4.19. The van der Waals surface area contributed by atoms with E-state index in [-0.39, 0.29) is 12.5 Å². The highest BCUT2D eigenvalue weighted by molar-refractivity contribution is 5.87. The number of hydrogen-bond acceptors (Lipinski definition) is 3. The Balaban J connectivity index is 2.85. The molecule has 1 amide bonds. The normalized spacial score (nSPS) is 25.0. The Hall–Kier alpha value is -1.10. The number of carboxylic acids is 1. The van der Waals surface area contributed by atoms with Crippen molar-refractivity contribution in [2.24, 2.45) is 11.1 Å². The topological polar surface area (TPSA) is 83.6 Å². The fourth-order valence-electron chi connectivity index (χ4n) is 2.45. The third kappa shape index (κ3) is 2.66. The first-order chi connectivity index (χ1) is 8.29. The summed E-state index contributed by atoms with van der Waals surface area (Å²) < 4.78 is 0. The Labute approximate surface area is 108 Å². The molecule has 0 aromatic heterocycles. The lowest BCUT2D eigenvalue weighted by Crippen LogP contribution is -2.58. The van der Waals surface area contributed by atoms with Gasteiger partial charge in [0.05, 0.1) is 11.0 Å². The van der Waals surface area contributed by atoms with Crippen LogP contribution in [0.25, 0.3) is 0 Å². The molecule has 1 aliphatic heterocycles. The lowest BCUT2D eigenvalue weighted by Gasteiger charge is -2.41. The van der Waals surface area contributed by atoms with Crippen LogP contribution >= 0.6 is 0 Å². The van der Waals surface area contributed by atoms with Crippen molar-refractivity contribution in [1.82, 2.24) is 4.90 Å². The second-order valence-electron chi connectivity index (χ2n) is 5.56. The van der Waals surface area contributed by atoms with Crippen LogP contribution in [0.2, 0.25) is 0 Å². The van der Waals surface area contributed by atoms with Gasteiger partial charge in [0.1, 0.15) is 0 Å². The van der Waals surface area contributed by atoms with E-state index in [1.807, 2.05) is 13.8 Å². The smallest absolute Gasteiger partial charge is 0.311 e. The average molecular weight is 256 g/mol. The molecule has 1 fully saturated rings. The first-order valence-electron chi connectivity index (χ1n) is 6.61. The van der Waals surface area contributed by atoms with Gasteiger partial charge >= 0.3 is 5.97 Å². The Morgan fingerprint density at radius 1 is 1.39 bits per heavy atom. The Bertz CT molecular complexity index is 339. The van der Waals surface area contributed by atoms with Gasteiger partial charge in [0.2, 0.25) is 5.91 Å². The minimum absolute atomic E-state index is 0.111. The summed E-state index contributed by atoms with van der Waals surface area (Å²) >= 11 is 0. The maximum absolute atomic E-state index is 12.4. The maximum atomic E-state index is 12.4. The molecule has 5 heteroatoms. The summed E-state index contributed by atoms with van der Waals surface area (Å²) in [5.41, 5.74) is 4.41. The van der Waals surface area contributed by atoms with Crippen LogP contribution in [0.3, 0.4) is 0 Å². The summed E-state index contributed by atoms with van der Waals surface area (Å²) in [5.74, 6) is -0.949. The van der Waals surface area contributed by atoms with E-state index in [0.717, 1.165) is 6.42 Å². The van der Waals surface area contributed by atoms with Crippen molar-refractivity contribution in [3.63, 3.8) is 0 Å². The van der Waals surface area contributed by atoms with E-state index in [4.69, 9.17) is 5.73 Å². The standard InChI is InChI=1S/C13H24N2O3/c1-4-13(14,5-2)10(16)15-8-6-7-12(3,9-15)11(17)18/h4-9,14H2,1-3H3,(H,17,18). The summed E-state index contributed by atoms with van der Waals surface area (Å²) in [5, 5.41) is 9.25. The predicted molar refractivity (Wildman–Crippen MR) is 69.1 cm³/mol. The molecule has 5 nitrogen and oxygen atoms in total. The second-order valence-corrected chi connectivity index (χ2v) is 5.56. The molecule has 0 aromatic rings. The number of amides is 1. The molecule has 0 bridgehead atoms. The first-order valence-corrected chi connectivity index (χ1v) is 6.61. The molecule has 1 aliphatic rings. The third-order valence-corrected chi connectivity index (χ3v) is 4.19. The molecule has 1 saturated heterocycles. The zero-order chi connectivity index (χ0) is 14.0. The number of aliphatic carboxylic acids is 1. The van der Waals surface area contributed by atoms with Crippen molar-refractivity contribution in [2.75, 3.05) is 13.1 Å². The number of nitrogens with two attached hydrogens (primary N) is 1. The van der Waals surface area contributed by atoms with Crippen molar-refractivity contribution in [2.45, 2.75) is 52.0 Å². The van der Waals surface area contributed by atoms with Crippen LogP contribution in [-0.4, -0.2) is 40.5 Å². The Morgan fingerprint density at radius 2 is 1.94 bits per heavy atom. The summed E-state index contributed by atoms with van der Waals surface area (Å²) in [7, 11) is 0. The molecule has 1 atom stereocenters. The molecule has 1 rings (SSSR count). The number of nitrogens with zero attached hydrogens (tertiary/aromatic N) is 1. The van der Waals surface area contributed by atoms with Crippen molar-refractivity contribution < 1.29 is 14.7 Å². The molecule has 1 unspecified atom stereocenters. The van der Waals surface area contributed by atoms with Gasteiger partial charge in [0.25, 0.3) is 0 Å². The highest BCUT2D eigenvalue weighted by Crippen LogP contribution is 2.31. The van der Waals surface area contributed by atoms with Crippen LogP contribution in [0.1, 0.15) is 46.5 Å². The SMILES string of the molecule is CCC(N)(CC)C(=O)N1CCCC(C)(C(=O)O)C1. The van der Waals surface area contributed by atoms with Crippen LogP contribution in [0.5, 0.6) is 0 Å².